The van der Waals surface area contributed by atoms with E-state index in [4.69, 9.17) is 18.9 Å². The number of hydrogen-bond acceptors (Lipinski definition) is 13. The van der Waals surface area contributed by atoms with Crippen LogP contribution in [0.15, 0.2) is 11.6 Å². The average Bonchev–Trinajstić information content (AvgIpc) is 3.13. The smallest absolute Gasteiger partial charge is 0.481 e. The van der Waals surface area contributed by atoms with Gasteiger partial charge in [0.2, 0.25) is 0 Å². The van der Waals surface area contributed by atoms with Crippen molar-refractivity contribution in [2.24, 2.45) is 50.2 Å². The Bertz CT molecular complexity index is 1740. The van der Waals surface area contributed by atoms with E-state index in [2.05, 4.69) is 27.7 Å². The van der Waals surface area contributed by atoms with E-state index in [9.17, 15) is 60.0 Å². The Morgan fingerprint density at radius 3 is 1.86 bits per heavy atom. The standard InChI is InChI=1S/C42H62O16.Na/c1-37(2)21-8-11-42(7)31(20(43)16-18-19-17-39(4,36(53)54)13-12-38(19,3)14-15-41(18,42)6)40(21,5)10-9-22(37)55-35-30(26(47)25(46)29(57-35)33(51)52)58-34-27(48)23(44)24(45)28(56-34)32(49)50;/h16,19,21-31,34-35,44-48H,8-15,17H2,1-7H3,(H,49,50)(H,51,52)(H,53,54);/q;+1/t19?,21?,22-,23-,24-,25-,26-,27+,28-,29-,30+,31?,34-,35-,38+,39-,40-,41+,42+;/m0./s1. The number of aliphatic carboxylic acids is 3. The van der Waals surface area contributed by atoms with Crippen LogP contribution in [0.5, 0.6) is 0 Å². The Hall–Kier alpha value is -1.54. The van der Waals surface area contributed by atoms with Crippen LogP contribution in [0.4, 0.5) is 0 Å². The summed E-state index contributed by atoms with van der Waals surface area (Å²) in [6, 6.07) is 0. The molecule has 4 saturated carbocycles. The number of carboxylic acids is 3. The van der Waals surface area contributed by atoms with Crippen molar-refractivity contribution in [2.45, 2.75) is 174 Å². The van der Waals surface area contributed by atoms with Crippen LogP contribution in [0.1, 0.15) is 106 Å². The summed E-state index contributed by atoms with van der Waals surface area (Å²) >= 11 is 0. The molecule has 0 aromatic rings. The molecule has 0 bridgehead atoms. The van der Waals surface area contributed by atoms with Gasteiger partial charge in [0, 0.05) is 5.92 Å². The van der Waals surface area contributed by atoms with Crippen LogP contribution in [-0.4, -0.2) is 132 Å². The number of ketones is 1. The number of rotatable bonds is 7. The minimum Gasteiger partial charge on any atom is -0.481 e. The molecule has 0 aromatic heterocycles. The Morgan fingerprint density at radius 1 is 0.695 bits per heavy atom. The van der Waals surface area contributed by atoms with Gasteiger partial charge < -0.3 is 59.8 Å². The zero-order valence-electron chi connectivity index (χ0n) is 35.4. The Balaban J connectivity index is 0.00000585. The molecular weight excluding hydrogens is 783 g/mol. The maximum absolute atomic E-state index is 14.8. The molecule has 0 spiro atoms. The van der Waals surface area contributed by atoms with Crippen molar-refractivity contribution >= 4 is 23.7 Å². The number of carbonyl (C=O) groups is 4. The molecule has 2 saturated heterocycles. The number of aliphatic hydroxyl groups is 5. The summed E-state index contributed by atoms with van der Waals surface area (Å²) in [4.78, 5) is 51.3. The predicted molar refractivity (Wildman–Crippen MR) is 199 cm³/mol. The van der Waals surface area contributed by atoms with E-state index in [1.165, 1.54) is 0 Å². The molecule has 59 heavy (non-hydrogen) atoms. The van der Waals surface area contributed by atoms with Crippen LogP contribution in [0.25, 0.3) is 0 Å². The van der Waals surface area contributed by atoms with E-state index in [0.29, 0.717) is 25.7 Å². The van der Waals surface area contributed by atoms with Gasteiger partial charge in [-0.15, -0.1) is 0 Å². The van der Waals surface area contributed by atoms with Crippen molar-refractivity contribution < 1.29 is 109 Å². The van der Waals surface area contributed by atoms with Crippen molar-refractivity contribution in [3.8, 4) is 0 Å². The average molecular weight is 846 g/mol. The van der Waals surface area contributed by atoms with Crippen molar-refractivity contribution in [1.29, 1.82) is 0 Å². The first-order valence-electron chi connectivity index (χ1n) is 20.7. The van der Waals surface area contributed by atoms with Crippen molar-refractivity contribution in [3.63, 3.8) is 0 Å². The normalized spacial score (nSPS) is 51.7. The number of ether oxygens (including phenoxy) is 4. The quantitative estimate of drug-likeness (QED) is 0.116. The third-order valence-corrected chi connectivity index (χ3v) is 17.2. The van der Waals surface area contributed by atoms with Crippen LogP contribution in [-0.2, 0) is 38.1 Å². The molecule has 7 aliphatic rings. The fourth-order valence-corrected chi connectivity index (χ4v) is 13.4. The van der Waals surface area contributed by atoms with Gasteiger partial charge in [0.05, 0.1) is 11.5 Å². The summed E-state index contributed by atoms with van der Waals surface area (Å²) in [5, 5.41) is 83.0. The van der Waals surface area contributed by atoms with Gasteiger partial charge in [0.15, 0.2) is 30.6 Å². The fourth-order valence-electron chi connectivity index (χ4n) is 13.4. The van der Waals surface area contributed by atoms with E-state index in [1.54, 1.807) is 0 Å². The van der Waals surface area contributed by atoms with Crippen LogP contribution < -0.4 is 29.6 Å². The molecular formula is C42H62NaO16+. The number of fused-ring (bicyclic) bond motifs is 7. The zero-order chi connectivity index (χ0) is 42.9. The molecule has 3 unspecified atom stereocenters. The molecule has 8 N–H and O–H groups in total. The summed E-state index contributed by atoms with van der Waals surface area (Å²) in [6.07, 6.45) is -12.2. The monoisotopic (exact) mass is 845 g/mol. The predicted octanol–water partition coefficient (Wildman–Crippen LogP) is -0.750. The van der Waals surface area contributed by atoms with E-state index in [0.717, 1.165) is 37.7 Å². The van der Waals surface area contributed by atoms with E-state index in [-0.39, 0.29) is 63.9 Å². The maximum atomic E-state index is 14.8. The van der Waals surface area contributed by atoms with Gasteiger partial charge in [-0.2, -0.15) is 0 Å². The van der Waals surface area contributed by atoms with Crippen LogP contribution >= 0.6 is 0 Å². The molecule has 0 aromatic carbocycles. The van der Waals surface area contributed by atoms with Gasteiger partial charge in [0.1, 0.15) is 36.6 Å². The Kier molecular flexibility index (Phi) is 12.4. The minimum atomic E-state index is -2.05. The van der Waals surface area contributed by atoms with Gasteiger partial charge in [-0.05, 0) is 110 Å². The van der Waals surface area contributed by atoms with Gasteiger partial charge in [0.25, 0.3) is 0 Å². The van der Waals surface area contributed by atoms with Crippen molar-refractivity contribution in [2.75, 3.05) is 0 Å². The van der Waals surface area contributed by atoms with Gasteiger partial charge in [-0.1, -0.05) is 47.1 Å². The SMILES string of the molecule is CC1(C)C2CC[C@]3(C)C(C(=O)C=C4C5C[C@@](C)(C(=O)O)CC[C@]5(C)CC[C@]43C)[C@@]2(C)CC[C@@H]1O[C@H]1O[C@H](C(=O)O)[C@@H](O)[C@H](O)[C@H]1O[C@@H]1O[C@H](C(=O)O)[C@@H](O)[C@H](O)[C@H]1O.[Na+]. The molecule has 2 heterocycles. The van der Waals surface area contributed by atoms with E-state index < -0.39 is 107 Å². The molecule has 0 amide bonds. The van der Waals surface area contributed by atoms with Crippen molar-refractivity contribution in [3.05, 3.63) is 11.6 Å². The molecule has 19 atom stereocenters. The third-order valence-electron chi connectivity index (χ3n) is 17.2. The van der Waals surface area contributed by atoms with Crippen LogP contribution in [0.2, 0.25) is 0 Å². The molecule has 7 rings (SSSR count). The number of carboxylic acid groups (broad SMARTS) is 3. The number of hydrogen-bond donors (Lipinski definition) is 8. The second-order valence-electron chi connectivity index (χ2n) is 20.6. The molecule has 0 radical (unpaired) electrons. The topological polar surface area (TPSA) is 267 Å². The second kappa shape index (κ2) is 15.6. The largest absolute Gasteiger partial charge is 1.00 e. The number of aliphatic hydroxyl groups excluding tert-OH is 5. The molecule has 17 heteroatoms. The Morgan fingerprint density at radius 2 is 1.27 bits per heavy atom. The Labute approximate surface area is 366 Å². The molecule has 326 valence electrons. The van der Waals surface area contributed by atoms with Gasteiger partial charge >= 0.3 is 47.5 Å². The first kappa shape index (κ1) is 47.0. The maximum Gasteiger partial charge on any atom is 1.00 e. The first-order chi connectivity index (χ1) is 26.8. The van der Waals surface area contributed by atoms with E-state index in [1.807, 2.05) is 26.8 Å². The molecule has 5 aliphatic carbocycles. The van der Waals surface area contributed by atoms with E-state index >= 15 is 0 Å². The molecule has 2 aliphatic heterocycles. The fraction of sp³-hybridized carbons (Fsp3) is 0.857. The molecule has 16 nitrogen and oxygen atoms in total. The third kappa shape index (κ3) is 7.02. The summed E-state index contributed by atoms with van der Waals surface area (Å²) in [5.74, 6) is -4.47. The summed E-state index contributed by atoms with van der Waals surface area (Å²) in [7, 11) is 0. The minimum absolute atomic E-state index is 0. The second-order valence-corrected chi connectivity index (χ2v) is 20.6. The first-order valence-corrected chi connectivity index (χ1v) is 20.7. The van der Waals surface area contributed by atoms with Crippen LogP contribution in [0.3, 0.4) is 0 Å². The summed E-state index contributed by atoms with van der Waals surface area (Å²) < 4.78 is 23.4. The summed E-state index contributed by atoms with van der Waals surface area (Å²) in [5.41, 5.74) is -1.81. The number of allylic oxidation sites excluding steroid dienone is 2. The van der Waals surface area contributed by atoms with Crippen LogP contribution in [0, 0.1) is 50.2 Å². The molecule has 6 fully saturated rings. The van der Waals surface area contributed by atoms with Crippen molar-refractivity contribution in [1.82, 2.24) is 0 Å². The summed E-state index contributed by atoms with van der Waals surface area (Å²) in [6.45, 7) is 14.8. The number of carbonyl (C=O) groups excluding carboxylic acids is 1. The van der Waals surface area contributed by atoms with Gasteiger partial charge in [-0.25, -0.2) is 9.59 Å². The zero-order valence-corrected chi connectivity index (χ0v) is 37.4. The van der Waals surface area contributed by atoms with Gasteiger partial charge in [-0.3, -0.25) is 9.59 Å².